The average Bonchev–Trinajstić information content (AvgIpc) is 3.17. The number of carbonyl (C=O) groups excluding carboxylic acids is 2. The summed E-state index contributed by atoms with van der Waals surface area (Å²) in [5.74, 6) is 0.734. The van der Waals surface area contributed by atoms with Crippen molar-refractivity contribution in [2.24, 2.45) is 5.92 Å². The summed E-state index contributed by atoms with van der Waals surface area (Å²) in [5, 5.41) is 10.9. The molecule has 1 fully saturated rings. The van der Waals surface area contributed by atoms with Crippen molar-refractivity contribution in [1.82, 2.24) is 16.0 Å². The number of amides is 2. The number of halogens is 1. The van der Waals surface area contributed by atoms with Crippen molar-refractivity contribution in [1.29, 1.82) is 0 Å². The van der Waals surface area contributed by atoms with E-state index < -0.39 is 0 Å². The minimum Gasteiger partial charge on any atom is -0.356 e. The third-order valence-electron chi connectivity index (χ3n) is 3.65. The van der Waals surface area contributed by atoms with E-state index in [1.807, 2.05) is 11.4 Å². The van der Waals surface area contributed by atoms with Gasteiger partial charge in [-0.2, -0.15) is 0 Å². The van der Waals surface area contributed by atoms with Crippen molar-refractivity contribution in [3.05, 3.63) is 22.4 Å². The van der Waals surface area contributed by atoms with Crippen LogP contribution in [0, 0.1) is 5.92 Å². The van der Waals surface area contributed by atoms with Crippen LogP contribution in [-0.4, -0.2) is 38.0 Å². The Labute approximate surface area is 141 Å². The van der Waals surface area contributed by atoms with Crippen molar-refractivity contribution in [2.45, 2.75) is 25.7 Å². The molecule has 1 aromatic rings. The number of hydrogen-bond donors (Lipinski definition) is 3. The maximum Gasteiger partial charge on any atom is 0.261 e. The van der Waals surface area contributed by atoms with E-state index in [1.165, 1.54) is 17.8 Å². The van der Waals surface area contributed by atoms with Crippen LogP contribution in [-0.2, 0) is 4.79 Å². The molecule has 2 rings (SSSR count). The van der Waals surface area contributed by atoms with Crippen molar-refractivity contribution in [2.75, 3.05) is 26.2 Å². The first-order valence-corrected chi connectivity index (χ1v) is 8.43. The van der Waals surface area contributed by atoms with Crippen LogP contribution >= 0.6 is 23.7 Å². The van der Waals surface area contributed by atoms with E-state index in [9.17, 15) is 9.59 Å². The van der Waals surface area contributed by atoms with E-state index in [-0.39, 0.29) is 24.2 Å². The fourth-order valence-electron chi connectivity index (χ4n) is 2.40. The Hall–Kier alpha value is -1.11. The van der Waals surface area contributed by atoms with Crippen molar-refractivity contribution >= 4 is 35.6 Å². The lowest BCUT2D eigenvalue weighted by Crippen LogP contribution is -2.29. The molecule has 2 heterocycles. The Morgan fingerprint density at radius 1 is 1.32 bits per heavy atom. The van der Waals surface area contributed by atoms with Crippen molar-refractivity contribution < 1.29 is 9.59 Å². The zero-order valence-electron chi connectivity index (χ0n) is 12.6. The molecule has 1 aromatic heterocycles. The number of carbonyl (C=O) groups is 2. The van der Waals surface area contributed by atoms with Gasteiger partial charge in [0.1, 0.15) is 0 Å². The highest BCUT2D eigenvalue weighted by molar-refractivity contribution is 7.12. The molecule has 0 radical (unpaired) electrons. The van der Waals surface area contributed by atoms with Crippen molar-refractivity contribution in [3.8, 4) is 0 Å². The molecule has 0 bridgehead atoms. The number of rotatable bonds is 8. The van der Waals surface area contributed by atoms with E-state index in [1.54, 1.807) is 6.07 Å². The van der Waals surface area contributed by atoms with Crippen LogP contribution in [0.2, 0.25) is 0 Å². The van der Waals surface area contributed by atoms with Crippen molar-refractivity contribution in [3.63, 3.8) is 0 Å². The maximum atomic E-state index is 11.7. The molecule has 7 heteroatoms. The fourth-order valence-corrected chi connectivity index (χ4v) is 3.04. The van der Waals surface area contributed by atoms with Gasteiger partial charge in [0.05, 0.1) is 4.88 Å². The summed E-state index contributed by atoms with van der Waals surface area (Å²) < 4.78 is 0. The zero-order valence-corrected chi connectivity index (χ0v) is 14.2. The van der Waals surface area contributed by atoms with Gasteiger partial charge in [0.25, 0.3) is 5.91 Å². The van der Waals surface area contributed by atoms with Crippen LogP contribution in [0.15, 0.2) is 17.5 Å². The van der Waals surface area contributed by atoms with Gasteiger partial charge >= 0.3 is 0 Å². The Balaban J connectivity index is 0.00000242. The van der Waals surface area contributed by atoms with E-state index in [2.05, 4.69) is 16.0 Å². The number of thiophene rings is 1. The summed E-state index contributed by atoms with van der Waals surface area (Å²) in [5.41, 5.74) is 0. The summed E-state index contributed by atoms with van der Waals surface area (Å²) in [4.78, 5) is 24.1. The lowest BCUT2D eigenvalue weighted by atomic mass is 10.0. The monoisotopic (exact) mass is 345 g/mol. The van der Waals surface area contributed by atoms with Crippen LogP contribution in [0.25, 0.3) is 0 Å². The second-order valence-corrected chi connectivity index (χ2v) is 6.28. The molecule has 0 saturated carbocycles. The molecule has 1 aliphatic heterocycles. The van der Waals surface area contributed by atoms with Gasteiger partial charge in [0, 0.05) is 19.5 Å². The molecular formula is C15H24ClN3O2S. The predicted octanol–water partition coefficient (Wildman–Crippen LogP) is 1.80. The third kappa shape index (κ3) is 6.77. The van der Waals surface area contributed by atoms with Gasteiger partial charge in [-0.3, -0.25) is 9.59 Å². The molecule has 1 unspecified atom stereocenters. The molecule has 22 heavy (non-hydrogen) atoms. The lowest BCUT2D eigenvalue weighted by molar-refractivity contribution is -0.121. The van der Waals surface area contributed by atoms with Gasteiger partial charge in [-0.1, -0.05) is 6.07 Å². The molecule has 0 aromatic carbocycles. The second kappa shape index (κ2) is 10.6. The summed E-state index contributed by atoms with van der Waals surface area (Å²) in [6.45, 7) is 3.33. The smallest absolute Gasteiger partial charge is 0.261 e. The van der Waals surface area contributed by atoms with Gasteiger partial charge in [0.2, 0.25) is 5.91 Å². The minimum atomic E-state index is -0.0370. The standard InChI is InChI=1S/C15H23N3O2S.ClH/c19-14(5-4-12-6-9-16-11-12)17-7-2-8-18-15(20)13-3-1-10-21-13;/h1,3,10,12,16H,2,4-9,11H2,(H,17,19)(H,18,20);1H. The first-order chi connectivity index (χ1) is 10.3. The summed E-state index contributed by atoms with van der Waals surface area (Å²) in [6, 6.07) is 3.67. The highest BCUT2D eigenvalue weighted by Crippen LogP contribution is 2.13. The molecule has 0 spiro atoms. The first kappa shape index (κ1) is 18.9. The second-order valence-electron chi connectivity index (χ2n) is 5.33. The largest absolute Gasteiger partial charge is 0.356 e. The molecule has 1 saturated heterocycles. The molecule has 2 amide bonds. The zero-order chi connectivity index (χ0) is 14.9. The number of hydrogen-bond acceptors (Lipinski definition) is 4. The highest BCUT2D eigenvalue weighted by Gasteiger charge is 2.15. The van der Waals surface area contributed by atoms with Gasteiger partial charge < -0.3 is 16.0 Å². The van der Waals surface area contributed by atoms with E-state index in [0.29, 0.717) is 25.4 Å². The third-order valence-corrected chi connectivity index (χ3v) is 4.52. The Kier molecular flexibility index (Phi) is 9.11. The van der Waals surface area contributed by atoms with Gasteiger partial charge in [0.15, 0.2) is 0 Å². The Morgan fingerprint density at radius 2 is 2.14 bits per heavy atom. The Bertz CT molecular complexity index is 448. The molecule has 124 valence electrons. The van der Waals surface area contributed by atoms with E-state index in [0.717, 1.165) is 30.8 Å². The van der Waals surface area contributed by atoms with Crippen LogP contribution in [0.5, 0.6) is 0 Å². The van der Waals surface area contributed by atoms with Crippen LogP contribution in [0.1, 0.15) is 35.4 Å². The van der Waals surface area contributed by atoms with Gasteiger partial charge in [-0.25, -0.2) is 0 Å². The maximum absolute atomic E-state index is 11.7. The minimum absolute atomic E-state index is 0. The molecule has 1 aliphatic rings. The molecule has 1 atom stereocenters. The average molecular weight is 346 g/mol. The summed E-state index contributed by atoms with van der Waals surface area (Å²) in [7, 11) is 0. The van der Waals surface area contributed by atoms with E-state index in [4.69, 9.17) is 0 Å². The molecule has 0 aliphatic carbocycles. The van der Waals surface area contributed by atoms with Gasteiger partial charge in [-0.05, 0) is 49.7 Å². The lowest BCUT2D eigenvalue weighted by Gasteiger charge is -2.09. The van der Waals surface area contributed by atoms with Crippen LogP contribution in [0.3, 0.4) is 0 Å². The molecular weight excluding hydrogens is 322 g/mol. The van der Waals surface area contributed by atoms with Crippen LogP contribution in [0.4, 0.5) is 0 Å². The Morgan fingerprint density at radius 3 is 2.82 bits per heavy atom. The first-order valence-electron chi connectivity index (χ1n) is 7.55. The predicted molar refractivity (Wildman–Crippen MR) is 91.7 cm³/mol. The quantitative estimate of drug-likeness (QED) is 0.629. The SMILES string of the molecule is Cl.O=C(CCC1CCNC1)NCCCNC(=O)c1cccs1. The van der Waals surface area contributed by atoms with Gasteiger partial charge in [-0.15, -0.1) is 23.7 Å². The normalized spacial score (nSPS) is 16.8. The summed E-state index contributed by atoms with van der Waals surface area (Å²) >= 11 is 1.43. The molecule has 3 N–H and O–H groups in total. The number of nitrogens with one attached hydrogen (secondary N) is 3. The molecule has 5 nitrogen and oxygen atoms in total. The highest BCUT2D eigenvalue weighted by atomic mass is 35.5. The van der Waals surface area contributed by atoms with E-state index >= 15 is 0 Å². The summed E-state index contributed by atoms with van der Waals surface area (Å²) in [6.07, 6.45) is 3.51. The fraction of sp³-hybridized carbons (Fsp3) is 0.600. The van der Waals surface area contributed by atoms with Crippen LogP contribution < -0.4 is 16.0 Å². The topological polar surface area (TPSA) is 70.2 Å².